The molecule has 0 aliphatic rings. The van der Waals surface area contributed by atoms with Gasteiger partial charge in [0.15, 0.2) is 5.13 Å². The molecular weight excluding hydrogens is 447 g/mol. The number of carbonyl (C=O) groups excluding carboxylic acids is 1. The lowest BCUT2D eigenvalue weighted by atomic mass is 10.3. The van der Waals surface area contributed by atoms with Crippen molar-refractivity contribution in [1.82, 2.24) is 14.3 Å². The molecule has 0 atom stereocenters. The lowest BCUT2D eigenvalue weighted by molar-refractivity contribution is -0.115. The zero-order valence-corrected chi connectivity index (χ0v) is 18.9. The summed E-state index contributed by atoms with van der Waals surface area (Å²) in [6, 6.07) is 9.18. The van der Waals surface area contributed by atoms with Gasteiger partial charge in [0.2, 0.25) is 15.9 Å². The Hall–Kier alpha value is -2.34. The minimum atomic E-state index is -3.52. The zero-order valence-electron chi connectivity index (χ0n) is 16.4. The van der Waals surface area contributed by atoms with Crippen LogP contribution in [0, 0.1) is 5.82 Å². The molecule has 0 unspecified atom stereocenters. The Kier molecular flexibility index (Phi) is 6.86. The van der Waals surface area contributed by atoms with Gasteiger partial charge in [0.1, 0.15) is 10.7 Å². The molecule has 0 saturated carbocycles. The molecule has 0 fully saturated rings. The van der Waals surface area contributed by atoms with Crippen molar-refractivity contribution in [2.75, 3.05) is 19.0 Å². The van der Waals surface area contributed by atoms with E-state index in [1.165, 1.54) is 73.4 Å². The van der Waals surface area contributed by atoms with Gasteiger partial charge in [0.25, 0.3) is 0 Å². The van der Waals surface area contributed by atoms with Crippen molar-refractivity contribution in [3.63, 3.8) is 0 Å². The van der Waals surface area contributed by atoms with Crippen LogP contribution in [0.5, 0.6) is 0 Å². The number of hydrogen-bond donors (Lipinski definition) is 0. The van der Waals surface area contributed by atoms with Crippen molar-refractivity contribution in [3.8, 4) is 0 Å². The molecule has 0 bridgehead atoms. The molecule has 2 heterocycles. The smallest absolute Gasteiger partial charge is 0.244 e. The second kappa shape index (κ2) is 9.21. The van der Waals surface area contributed by atoms with E-state index >= 15 is 0 Å². The van der Waals surface area contributed by atoms with Gasteiger partial charge in [0.05, 0.1) is 16.4 Å². The van der Waals surface area contributed by atoms with Gasteiger partial charge in [-0.3, -0.25) is 9.69 Å². The summed E-state index contributed by atoms with van der Waals surface area (Å²) >= 11 is 2.62. The Balaban J connectivity index is 1.73. The number of sulfonamides is 1. The number of para-hydroxylation sites is 1. The number of rotatable bonds is 7. The second-order valence-corrected chi connectivity index (χ2v) is 10.3. The molecule has 2 aromatic heterocycles. The van der Waals surface area contributed by atoms with Gasteiger partial charge in [0, 0.05) is 38.3 Å². The summed E-state index contributed by atoms with van der Waals surface area (Å²) in [4.78, 5) is 22.1. The monoisotopic (exact) mass is 466 g/mol. The molecule has 3 aromatic rings. The second-order valence-electron chi connectivity index (χ2n) is 6.34. The fraction of sp³-hybridized carbons (Fsp3) is 0.211. The molecular formula is C19H19FN4O3S3. The molecule has 0 aliphatic carbocycles. The Morgan fingerprint density at radius 3 is 2.53 bits per heavy atom. The number of aromatic nitrogens is 2. The largest absolute Gasteiger partial charge is 0.274 e. The zero-order chi connectivity index (χ0) is 21.9. The maximum atomic E-state index is 14.2. The van der Waals surface area contributed by atoms with Gasteiger partial charge < -0.3 is 0 Å². The number of thiazole rings is 1. The fourth-order valence-corrected chi connectivity index (χ4v) is 5.04. The molecule has 7 nitrogen and oxygen atoms in total. The van der Waals surface area contributed by atoms with E-state index in [0.29, 0.717) is 21.6 Å². The van der Waals surface area contributed by atoms with Crippen LogP contribution in [0.3, 0.4) is 0 Å². The SMILES string of the molecule is CC(=O)N(c1nc(CSc2ccc(S(=O)(=O)N(C)C)cn2)cs1)c1ccccc1F. The highest BCUT2D eigenvalue weighted by Gasteiger charge is 2.21. The third-order valence-corrected chi connectivity index (χ3v) is 7.65. The van der Waals surface area contributed by atoms with E-state index < -0.39 is 15.8 Å². The van der Waals surface area contributed by atoms with Gasteiger partial charge in [-0.05, 0) is 24.3 Å². The first-order chi connectivity index (χ1) is 14.2. The van der Waals surface area contributed by atoms with Crippen molar-refractivity contribution in [2.45, 2.75) is 22.6 Å². The molecule has 3 rings (SSSR count). The average Bonchev–Trinajstić information content (AvgIpc) is 3.16. The van der Waals surface area contributed by atoms with Crippen LogP contribution >= 0.6 is 23.1 Å². The summed E-state index contributed by atoms with van der Waals surface area (Å²) in [6.45, 7) is 1.36. The van der Waals surface area contributed by atoms with Crippen LogP contribution in [-0.4, -0.2) is 42.7 Å². The van der Waals surface area contributed by atoms with Crippen LogP contribution in [-0.2, 0) is 20.6 Å². The molecule has 1 amide bonds. The molecule has 1 aromatic carbocycles. The van der Waals surface area contributed by atoms with E-state index in [0.717, 1.165) is 4.31 Å². The first-order valence-electron chi connectivity index (χ1n) is 8.71. The normalized spacial score (nSPS) is 11.6. The van der Waals surface area contributed by atoms with E-state index in [4.69, 9.17) is 0 Å². The number of anilines is 2. The van der Waals surface area contributed by atoms with Gasteiger partial charge in [-0.15, -0.1) is 23.1 Å². The Labute approximate surface area is 182 Å². The number of thioether (sulfide) groups is 1. The molecule has 0 spiro atoms. The highest BCUT2D eigenvalue weighted by molar-refractivity contribution is 7.98. The number of benzene rings is 1. The van der Waals surface area contributed by atoms with Gasteiger partial charge in [-0.2, -0.15) is 0 Å². The number of halogens is 1. The summed E-state index contributed by atoms with van der Waals surface area (Å²) in [7, 11) is -0.599. The van der Waals surface area contributed by atoms with E-state index in [9.17, 15) is 17.6 Å². The minimum absolute atomic E-state index is 0.120. The van der Waals surface area contributed by atoms with Crippen molar-refractivity contribution < 1.29 is 17.6 Å². The van der Waals surface area contributed by atoms with Crippen molar-refractivity contribution in [1.29, 1.82) is 0 Å². The van der Waals surface area contributed by atoms with Crippen molar-refractivity contribution in [2.24, 2.45) is 0 Å². The topological polar surface area (TPSA) is 83.5 Å². The van der Waals surface area contributed by atoms with Crippen LogP contribution in [0.2, 0.25) is 0 Å². The third-order valence-electron chi connectivity index (χ3n) is 3.99. The average molecular weight is 467 g/mol. The Morgan fingerprint density at radius 2 is 1.93 bits per heavy atom. The predicted octanol–water partition coefficient (Wildman–Crippen LogP) is 3.90. The van der Waals surface area contributed by atoms with Crippen molar-refractivity contribution in [3.05, 3.63) is 59.5 Å². The fourth-order valence-electron chi connectivity index (χ4n) is 2.47. The first kappa shape index (κ1) is 22.3. The Bertz CT molecular complexity index is 1150. The quantitative estimate of drug-likeness (QED) is 0.491. The van der Waals surface area contributed by atoms with Gasteiger partial charge in [-0.25, -0.2) is 27.1 Å². The standard InChI is InChI=1S/C19H19FN4O3S3/c1-13(25)24(17-7-5-4-6-16(17)20)19-22-14(12-29-19)11-28-18-9-8-15(10-21-18)30(26,27)23(2)3/h4-10,12H,11H2,1-3H3. The highest BCUT2D eigenvalue weighted by Crippen LogP contribution is 2.32. The number of hydrogen-bond acceptors (Lipinski definition) is 7. The lowest BCUT2D eigenvalue weighted by Gasteiger charge is -2.18. The summed E-state index contributed by atoms with van der Waals surface area (Å²) < 4.78 is 39.5. The van der Waals surface area contributed by atoms with E-state index in [1.807, 2.05) is 0 Å². The molecule has 158 valence electrons. The molecule has 0 radical (unpaired) electrons. The molecule has 30 heavy (non-hydrogen) atoms. The molecule has 11 heteroatoms. The summed E-state index contributed by atoms with van der Waals surface area (Å²) in [5, 5.41) is 2.81. The first-order valence-corrected chi connectivity index (χ1v) is 12.0. The maximum Gasteiger partial charge on any atom is 0.244 e. The lowest BCUT2D eigenvalue weighted by Crippen LogP contribution is -2.23. The Morgan fingerprint density at radius 1 is 1.20 bits per heavy atom. The van der Waals surface area contributed by atoms with Crippen LogP contribution in [0.15, 0.2) is 57.9 Å². The van der Waals surface area contributed by atoms with Gasteiger partial charge in [-0.1, -0.05) is 12.1 Å². The maximum absolute atomic E-state index is 14.2. The van der Waals surface area contributed by atoms with Crippen LogP contribution < -0.4 is 4.90 Å². The van der Waals surface area contributed by atoms with Crippen LogP contribution in [0.25, 0.3) is 0 Å². The number of pyridine rings is 1. The van der Waals surface area contributed by atoms with Gasteiger partial charge >= 0.3 is 0 Å². The van der Waals surface area contributed by atoms with Crippen LogP contribution in [0.1, 0.15) is 12.6 Å². The predicted molar refractivity (Wildman–Crippen MR) is 116 cm³/mol. The molecule has 0 N–H and O–H groups in total. The summed E-state index contributed by atoms with van der Waals surface area (Å²) in [5.74, 6) is -0.379. The van der Waals surface area contributed by atoms with Crippen LogP contribution in [0.4, 0.5) is 15.2 Å². The summed E-state index contributed by atoms with van der Waals surface area (Å²) in [6.07, 6.45) is 1.32. The van der Waals surface area contributed by atoms with E-state index in [1.54, 1.807) is 23.6 Å². The third kappa shape index (κ3) is 4.86. The molecule has 0 saturated heterocycles. The number of carbonyl (C=O) groups is 1. The van der Waals surface area contributed by atoms with E-state index in [2.05, 4.69) is 9.97 Å². The molecule has 0 aliphatic heterocycles. The number of nitrogens with zero attached hydrogens (tertiary/aromatic N) is 4. The number of amides is 1. The highest BCUT2D eigenvalue weighted by atomic mass is 32.2. The van der Waals surface area contributed by atoms with Crippen molar-refractivity contribution >= 4 is 49.8 Å². The summed E-state index contributed by atoms with van der Waals surface area (Å²) in [5.41, 5.74) is 0.854. The minimum Gasteiger partial charge on any atom is -0.274 e. The van der Waals surface area contributed by atoms with E-state index in [-0.39, 0.29) is 16.5 Å².